The van der Waals surface area contributed by atoms with E-state index >= 15 is 0 Å². The van der Waals surface area contributed by atoms with Crippen LogP contribution in [0.15, 0.2) is 30.5 Å². The summed E-state index contributed by atoms with van der Waals surface area (Å²) in [5, 5.41) is 14.6. The zero-order chi connectivity index (χ0) is 19.0. The van der Waals surface area contributed by atoms with Crippen molar-refractivity contribution in [3.05, 3.63) is 52.3 Å². The van der Waals surface area contributed by atoms with Crippen LogP contribution in [-0.2, 0) is 11.8 Å². The predicted octanol–water partition coefficient (Wildman–Crippen LogP) is 3.14. The van der Waals surface area contributed by atoms with E-state index in [1.54, 1.807) is 35.0 Å². The summed E-state index contributed by atoms with van der Waals surface area (Å²) >= 11 is 5.94. The summed E-state index contributed by atoms with van der Waals surface area (Å²) in [7, 11) is 1.78. The minimum Gasteiger partial charge on any atom is -0.481 e. The Balaban J connectivity index is 1.89. The van der Waals surface area contributed by atoms with Crippen LogP contribution in [0.1, 0.15) is 47.3 Å². The van der Waals surface area contributed by atoms with Crippen LogP contribution in [0.3, 0.4) is 0 Å². The quantitative estimate of drug-likeness (QED) is 0.890. The summed E-state index contributed by atoms with van der Waals surface area (Å²) in [6.07, 6.45) is 1.71. The van der Waals surface area contributed by atoms with E-state index in [2.05, 4.69) is 5.10 Å². The SMILES string of the molecule is CC(C)c1nn(C)cc1C(=O)N1C[C@@H](C(=O)O)[C@H](c2ccc(Cl)cc2)C1. The zero-order valence-electron chi connectivity index (χ0n) is 15.0. The van der Waals surface area contributed by atoms with Crippen molar-refractivity contribution in [3.8, 4) is 0 Å². The molecule has 1 saturated heterocycles. The smallest absolute Gasteiger partial charge is 0.308 e. The second-order valence-corrected chi connectivity index (χ2v) is 7.51. The van der Waals surface area contributed by atoms with Gasteiger partial charge in [0.05, 0.1) is 17.2 Å². The molecule has 0 saturated carbocycles. The molecule has 0 aliphatic carbocycles. The van der Waals surface area contributed by atoms with Crippen molar-refractivity contribution in [2.45, 2.75) is 25.7 Å². The van der Waals surface area contributed by atoms with Crippen molar-refractivity contribution in [1.29, 1.82) is 0 Å². The van der Waals surface area contributed by atoms with Crippen molar-refractivity contribution < 1.29 is 14.7 Å². The van der Waals surface area contributed by atoms with Crippen molar-refractivity contribution >= 4 is 23.5 Å². The molecule has 138 valence electrons. The third kappa shape index (κ3) is 3.46. The van der Waals surface area contributed by atoms with Gasteiger partial charge in [-0.2, -0.15) is 5.10 Å². The molecule has 2 aromatic rings. The van der Waals surface area contributed by atoms with E-state index in [0.29, 0.717) is 17.1 Å². The lowest BCUT2D eigenvalue weighted by molar-refractivity contribution is -0.141. The summed E-state index contributed by atoms with van der Waals surface area (Å²) in [5.74, 6) is -1.84. The second-order valence-electron chi connectivity index (χ2n) is 7.07. The maximum atomic E-state index is 13.0. The highest BCUT2D eigenvalue weighted by molar-refractivity contribution is 6.30. The van der Waals surface area contributed by atoms with Crippen LogP contribution >= 0.6 is 11.6 Å². The molecule has 1 aliphatic heterocycles. The first-order chi connectivity index (χ1) is 12.3. The monoisotopic (exact) mass is 375 g/mol. The van der Waals surface area contributed by atoms with E-state index in [9.17, 15) is 14.7 Å². The number of aryl methyl sites for hydroxylation is 1. The minimum absolute atomic E-state index is 0.111. The lowest BCUT2D eigenvalue weighted by Gasteiger charge is -2.17. The number of carbonyl (C=O) groups excluding carboxylic acids is 1. The number of hydrogen-bond acceptors (Lipinski definition) is 3. The summed E-state index contributed by atoms with van der Waals surface area (Å²) in [5.41, 5.74) is 2.16. The van der Waals surface area contributed by atoms with Gasteiger partial charge in [-0.05, 0) is 23.6 Å². The molecule has 2 atom stereocenters. The van der Waals surface area contributed by atoms with Gasteiger partial charge in [0, 0.05) is 37.3 Å². The van der Waals surface area contributed by atoms with Crippen LogP contribution in [0.5, 0.6) is 0 Å². The highest BCUT2D eigenvalue weighted by Gasteiger charge is 2.41. The molecule has 1 aromatic carbocycles. The van der Waals surface area contributed by atoms with Gasteiger partial charge in [-0.3, -0.25) is 14.3 Å². The largest absolute Gasteiger partial charge is 0.481 e. The highest BCUT2D eigenvalue weighted by atomic mass is 35.5. The molecule has 2 heterocycles. The Morgan fingerprint density at radius 1 is 1.23 bits per heavy atom. The number of aliphatic carboxylic acids is 1. The van der Waals surface area contributed by atoms with Crippen LogP contribution in [0.2, 0.25) is 5.02 Å². The average Bonchev–Trinajstić information content (AvgIpc) is 3.19. The summed E-state index contributed by atoms with van der Waals surface area (Å²) in [6.45, 7) is 4.52. The van der Waals surface area contributed by atoms with Crippen LogP contribution < -0.4 is 0 Å². The van der Waals surface area contributed by atoms with E-state index in [1.165, 1.54) is 0 Å². The van der Waals surface area contributed by atoms with Gasteiger partial charge in [0.25, 0.3) is 5.91 Å². The molecular weight excluding hydrogens is 354 g/mol. The van der Waals surface area contributed by atoms with Gasteiger partial charge in [0.15, 0.2) is 0 Å². The van der Waals surface area contributed by atoms with Crippen molar-refractivity contribution in [1.82, 2.24) is 14.7 Å². The zero-order valence-corrected chi connectivity index (χ0v) is 15.8. The van der Waals surface area contributed by atoms with Crippen molar-refractivity contribution in [2.24, 2.45) is 13.0 Å². The molecule has 26 heavy (non-hydrogen) atoms. The molecule has 0 radical (unpaired) electrons. The molecule has 0 spiro atoms. The van der Waals surface area contributed by atoms with Gasteiger partial charge in [-0.25, -0.2) is 0 Å². The number of halogens is 1. The Labute approximate surface area is 157 Å². The topological polar surface area (TPSA) is 75.4 Å². The Kier molecular flexibility index (Phi) is 5.05. The average molecular weight is 376 g/mol. The van der Waals surface area contributed by atoms with Gasteiger partial charge in [0.1, 0.15) is 0 Å². The first-order valence-corrected chi connectivity index (χ1v) is 8.96. The number of hydrogen-bond donors (Lipinski definition) is 1. The Morgan fingerprint density at radius 3 is 2.46 bits per heavy atom. The molecular formula is C19H22ClN3O3. The van der Waals surface area contributed by atoms with Crippen LogP contribution in [0.4, 0.5) is 0 Å². The number of carboxylic acid groups (broad SMARTS) is 1. The molecule has 1 amide bonds. The molecule has 3 rings (SSSR count). The molecule has 1 aromatic heterocycles. The molecule has 7 heteroatoms. The maximum Gasteiger partial charge on any atom is 0.308 e. The molecule has 1 fully saturated rings. The van der Waals surface area contributed by atoms with Crippen LogP contribution in [0, 0.1) is 5.92 Å². The van der Waals surface area contributed by atoms with E-state index in [1.807, 2.05) is 26.0 Å². The lowest BCUT2D eigenvalue weighted by Crippen LogP contribution is -2.30. The van der Waals surface area contributed by atoms with E-state index in [0.717, 1.165) is 11.3 Å². The van der Waals surface area contributed by atoms with Gasteiger partial charge >= 0.3 is 5.97 Å². The number of nitrogens with zero attached hydrogens (tertiary/aromatic N) is 3. The van der Waals surface area contributed by atoms with E-state index in [4.69, 9.17) is 11.6 Å². The van der Waals surface area contributed by atoms with E-state index < -0.39 is 11.9 Å². The summed E-state index contributed by atoms with van der Waals surface area (Å²) < 4.78 is 1.63. The third-order valence-electron chi connectivity index (χ3n) is 4.86. The molecule has 0 bridgehead atoms. The van der Waals surface area contributed by atoms with Crippen LogP contribution in [0.25, 0.3) is 0 Å². The fraction of sp³-hybridized carbons (Fsp3) is 0.421. The minimum atomic E-state index is -0.893. The first-order valence-electron chi connectivity index (χ1n) is 8.59. The number of rotatable bonds is 4. The number of aromatic nitrogens is 2. The number of likely N-dealkylation sites (tertiary alicyclic amines) is 1. The second kappa shape index (κ2) is 7.11. The Hall–Kier alpha value is -2.34. The molecule has 1 aliphatic rings. The van der Waals surface area contributed by atoms with Crippen molar-refractivity contribution in [2.75, 3.05) is 13.1 Å². The van der Waals surface area contributed by atoms with Crippen LogP contribution in [-0.4, -0.2) is 44.8 Å². The van der Waals surface area contributed by atoms with Gasteiger partial charge in [-0.1, -0.05) is 37.6 Å². The van der Waals surface area contributed by atoms with Gasteiger partial charge in [0.2, 0.25) is 0 Å². The Bertz CT molecular complexity index is 829. The third-order valence-corrected chi connectivity index (χ3v) is 5.11. The highest BCUT2D eigenvalue weighted by Crippen LogP contribution is 2.34. The molecule has 0 unspecified atom stereocenters. The van der Waals surface area contributed by atoms with Gasteiger partial charge < -0.3 is 10.0 Å². The summed E-state index contributed by atoms with van der Waals surface area (Å²) in [4.78, 5) is 26.4. The molecule has 1 N–H and O–H groups in total. The fourth-order valence-corrected chi connectivity index (χ4v) is 3.66. The maximum absolute atomic E-state index is 13.0. The lowest BCUT2D eigenvalue weighted by atomic mass is 9.89. The van der Waals surface area contributed by atoms with Gasteiger partial charge in [-0.15, -0.1) is 0 Å². The van der Waals surface area contributed by atoms with E-state index in [-0.39, 0.29) is 24.3 Å². The predicted molar refractivity (Wildman–Crippen MR) is 98.5 cm³/mol. The van der Waals surface area contributed by atoms with Crippen molar-refractivity contribution in [3.63, 3.8) is 0 Å². The summed E-state index contributed by atoms with van der Waals surface area (Å²) in [6, 6.07) is 7.16. The fourth-order valence-electron chi connectivity index (χ4n) is 3.53. The first kappa shape index (κ1) is 18.5. The number of amides is 1. The number of benzene rings is 1. The Morgan fingerprint density at radius 2 is 1.88 bits per heavy atom. The molecule has 6 nitrogen and oxygen atoms in total. The number of carboxylic acids is 1. The standard InChI is InChI=1S/C19H22ClN3O3/c1-11(2)17-16(8-22(3)21-17)18(24)23-9-14(15(10-23)19(25)26)12-4-6-13(20)7-5-12/h4-8,11,14-15H,9-10H2,1-3H3,(H,25,26)/t14-,15+/m0/s1. The number of carbonyl (C=O) groups is 2. The normalized spacial score (nSPS) is 20.0.